The van der Waals surface area contributed by atoms with Crippen LogP contribution in [0.3, 0.4) is 0 Å². The molecule has 0 atom stereocenters. The highest BCUT2D eigenvalue weighted by atomic mass is 32.2. The Kier molecular flexibility index (Phi) is 4.10. The molecule has 0 aromatic heterocycles. The van der Waals surface area contributed by atoms with Crippen LogP contribution in [0, 0.1) is 0 Å². The Morgan fingerprint density at radius 2 is 1.85 bits per heavy atom. The molecule has 0 bridgehead atoms. The van der Waals surface area contributed by atoms with Crippen LogP contribution in [0.25, 0.3) is 11.6 Å². The molecule has 0 spiro atoms. The highest BCUT2D eigenvalue weighted by molar-refractivity contribution is 7.89. The summed E-state index contributed by atoms with van der Waals surface area (Å²) in [5, 5.41) is 0. The summed E-state index contributed by atoms with van der Waals surface area (Å²) < 4.78 is 32.0. The maximum absolute atomic E-state index is 11.4. The average Bonchev–Trinajstić information content (AvgIpc) is 2.45. The lowest BCUT2D eigenvalue weighted by Crippen LogP contribution is -2.12. The first-order valence-electron chi connectivity index (χ1n) is 5.83. The van der Waals surface area contributed by atoms with Gasteiger partial charge < -0.3 is 5.53 Å². The summed E-state index contributed by atoms with van der Waals surface area (Å²) in [5.74, 6) is 0. The number of rotatable bonds is 3. The van der Waals surface area contributed by atoms with Gasteiger partial charge in [0.1, 0.15) is 0 Å². The fourth-order valence-electron chi connectivity index (χ4n) is 1.81. The molecule has 0 unspecified atom stereocenters. The van der Waals surface area contributed by atoms with Crippen molar-refractivity contribution in [2.45, 2.75) is 6.42 Å². The lowest BCUT2D eigenvalue weighted by Gasteiger charge is -2.08. The average molecular weight is 288 g/mol. The van der Waals surface area contributed by atoms with Crippen molar-refractivity contribution in [1.29, 1.82) is 0 Å². The molecule has 0 amide bonds. The number of benzene rings is 1. The lowest BCUT2D eigenvalue weighted by molar-refractivity contribution is -0.00552. The Hall–Kier alpha value is -2.27. The van der Waals surface area contributed by atoms with E-state index >= 15 is 0 Å². The fraction of sp³-hybridized carbons (Fsp3) is 0.0714. The zero-order valence-electron chi connectivity index (χ0n) is 10.5. The van der Waals surface area contributed by atoms with Gasteiger partial charge in [0.2, 0.25) is 0 Å². The van der Waals surface area contributed by atoms with Gasteiger partial charge in [0, 0.05) is 6.08 Å². The predicted octanol–water partition coefficient (Wildman–Crippen LogP) is 2.47. The lowest BCUT2D eigenvalue weighted by atomic mass is 10.0. The van der Waals surface area contributed by atoms with Gasteiger partial charge in [-0.25, -0.2) is 0 Å². The molecule has 2 rings (SSSR count). The van der Waals surface area contributed by atoms with Crippen LogP contribution in [0.4, 0.5) is 0 Å². The van der Waals surface area contributed by atoms with Crippen molar-refractivity contribution >= 4 is 21.9 Å². The topological polar surface area (TPSA) is 90.8 Å². The van der Waals surface area contributed by atoms with Crippen LogP contribution in [0.2, 0.25) is 0 Å². The van der Waals surface area contributed by atoms with Crippen LogP contribution < -0.4 is 0 Å². The Labute approximate surface area is 116 Å². The Morgan fingerprint density at radius 3 is 2.45 bits per heavy atom. The van der Waals surface area contributed by atoms with Gasteiger partial charge in [-0.1, -0.05) is 42.5 Å². The van der Waals surface area contributed by atoms with E-state index in [0.29, 0.717) is 5.57 Å². The summed E-state index contributed by atoms with van der Waals surface area (Å²) in [6.45, 7) is 0. The molecule has 102 valence electrons. The van der Waals surface area contributed by atoms with Crippen LogP contribution >= 0.6 is 0 Å². The van der Waals surface area contributed by atoms with E-state index in [1.807, 2.05) is 30.3 Å². The van der Waals surface area contributed by atoms with E-state index in [9.17, 15) is 13.0 Å². The van der Waals surface area contributed by atoms with Gasteiger partial charge in [0.25, 0.3) is 15.8 Å². The summed E-state index contributed by atoms with van der Waals surface area (Å²) in [4.78, 5) is 2.78. The third-order valence-electron chi connectivity index (χ3n) is 2.81. The summed E-state index contributed by atoms with van der Waals surface area (Å²) in [7, 11) is -4.34. The van der Waals surface area contributed by atoms with Crippen LogP contribution in [0.1, 0.15) is 12.0 Å². The molecule has 1 aromatic rings. The highest BCUT2D eigenvalue weighted by Gasteiger charge is 2.25. The smallest absolute Gasteiger partial charge is 0.297 e. The van der Waals surface area contributed by atoms with Crippen molar-refractivity contribution in [3.8, 4) is 0 Å². The van der Waals surface area contributed by atoms with Gasteiger partial charge in [-0.05, 0) is 17.2 Å². The molecule has 6 heteroatoms. The van der Waals surface area contributed by atoms with Gasteiger partial charge in [-0.15, -0.1) is 0 Å². The number of nitrogens with zero attached hydrogens (tertiary/aromatic N) is 2. The molecule has 0 saturated carbocycles. The van der Waals surface area contributed by atoms with Crippen molar-refractivity contribution < 1.29 is 17.8 Å². The molecule has 1 aromatic carbocycles. The van der Waals surface area contributed by atoms with Gasteiger partial charge in [0.15, 0.2) is 0 Å². The SMILES string of the molecule is [N-]=[N+]=C1C=CC(C=Cc2ccccc2)=C(S(=O)(=O)O)C1. The maximum atomic E-state index is 11.4. The molecule has 1 aliphatic carbocycles. The number of hydrogen-bond acceptors (Lipinski definition) is 2. The van der Waals surface area contributed by atoms with Gasteiger partial charge >= 0.3 is 0 Å². The second-order valence-corrected chi connectivity index (χ2v) is 5.64. The second-order valence-electron chi connectivity index (χ2n) is 4.20. The third-order valence-corrected chi connectivity index (χ3v) is 3.82. The first kappa shape index (κ1) is 14.1. The van der Waals surface area contributed by atoms with E-state index in [2.05, 4.69) is 4.79 Å². The van der Waals surface area contributed by atoms with E-state index in [1.54, 1.807) is 12.2 Å². The summed E-state index contributed by atoms with van der Waals surface area (Å²) in [6, 6.07) is 9.36. The monoisotopic (exact) mass is 288 g/mol. The van der Waals surface area contributed by atoms with Crippen molar-refractivity contribution in [2.75, 3.05) is 0 Å². The first-order valence-corrected chi connectivity index (χ1v) is 7.27. The minimum absolute atomic E-state index is 0.139. The summed E-state index contributed by atoms with van der Waals surface area (Å²) >= 11 is 0. The molecule has 0 fully saturated rings. The maximum Gasteiger partial charge on any atom is 0.297 e. The van der Waals surface area contributed by atoms with E-state index in [1.165, 1.54) is 12.2 Å². The molecule has 0 radical (unpaired) electrons. The predicted molar refractivity (Wildman–Crippen MR) is 76.4 cm³/mol. The molecule has 0 heterocycles. The van der Waals surface area contributed by atoms with Crippen molar-refractivity contribution in [3.63, 3.8) is 0 Å². The van der Waals surface area contributed by atoms with Gasteiger partial charge in [0.05, 0.1) is 11.3 Å². The molecule has 20 heavy (non-hydrogen) atoms. The largest absolute Gasteiger partial charge is 0.361 e. The first-order chi connectivity index (χ1) is 9.50. The Morgan fingerprint density at radius 1 is 1.15 bits per heavy atom. The molecule has 5 nitrogen and oxygen atoms in total. The van der Waals surface area contributed by atoms with E-state index in [0.717, 1.165) is 5.56 Å². The zero-order valence-corrected chi connectivity index (χ0v) is 11.3. The summed E-state index contributed by atoms with van der Waals surface area (Å²) in [5.41, 5.74) is 10.1. The number of allylic oxidation sites excluding steroid dienone is 5. The molecule has 0 saturated heterocycles. The van der Waals surface area contributed by atoms with Gasteiger partial charge in [-0.3, -0.25) is 4.55 Å². The molecular formula is C14H12N2O3S. The fourth-order valence-corrected chi connectivity index (χ4v) is 2.58. The van der Waals surface area contributed by atoms with E-state index in [4.69, 9.17) is 5.53 Å². The Bertz CT molecular complexity index is 753. The normalized spacial score (nSPS) is 15.8. The van der Waals surface area contributed by atoms with Crippen LogP contribution in [0.5, 0.6) is 0 Å². The molecule has 0 aliphatic heterocycles. The minimum atomic E-state index is -4.34. The van der Waals surface area contributed by atoms with Crippen LogP contribution in [-0.4, -0.2) is 23.5 Å². The molecule has 1 aliphatic rings. The molecular weight excluding hydrogens is 276 g/mol. The van der Waals surface area contributed by atoms with E-state index in [-0.39, 0.29) is 17.0 Å². The van der Waals surface area contributed by atoms with E-state index < -0.39 is 10.1 Å². The standard InChI is InChI=1S/C14H12N2O3S/c15-16-13-9-8-12(14(10-13)20(17,18)19)7-6-11-4-2-1-3-5-11/h1-9H,10H2,(H,17,18,19). The third kappa shape index (κ3) is 3.39. The van der Waals surface area contributed by atoms with Gasteiger partial charge in [-0.2, -0.15) is 13.2 Å². The number of hydrogen-bond donors (Lipinski definition) is 1. The second kappa shape index (κ2) is 5.79. The Balaban J connectivity index is 2.42. The van der Waals surface area contributed by atoms with Crippen molar-refractivity contribution in [1.82, 2.24) is 0 Å². The van der Waals surface area contributed by atoms with Crippen LogP contribution in [0.15, 0.2) is 59.0 Å². The summed E-state index contributed by atoms with van der Waals surface area (Å²) in [6.07, 6.45) is 6.19. The van der Waals surface area contributed by atoms with Crippen molar-refractivity contribution in [3.05, 3.63) is 70.1 Å². The minimum Gasteiger partial charge on any atom is -0.361 e. The zero-order chi connectivity index (χ0) is 14.6. The van der Waals surface area contributed by atoms with Crippen molar-refractivity contribution in [2.24, 2.45) is 0 Å². The quantitative estimate of drug-likeness (QED) is 0.526. The van der Waals surface area contributed by atoms with Crippen LogP contribution in [-0.2, 0) is 10.1 Å². The highest BCUT2D eigenvalue weighted by Crippen LogP contribution is 2.23. The molecule has 1 N–H and O–H groups in total.